The number of H-pyrrole nitrogens is 1. The maximum atomic E-state index is 6.01. The van der Waals surface area contributed by atoms with Crippen LogP contribution >= 0.6 is 11.6 Å². The van der Waals surface area contributed by atoms with Gasteiger partial charge >= 0.3 is 0 Å². The van der Waals surface area contributed by atoms with Gasteiger partial charge in [-0.25, -0.2) is 4.98 Å². The Morgan fingerprint density at radius 1 is 1.05 bits per heavy atom. The van der Waals surface area contributed by atoms with Crippen molar-refractivity contribution in [3.63, 3.8) is 0 Å². The van der Waals surface area contributed by atoms with Crippen LogP contribution in [0.2, 0.25) is 5.02 Å². The number of nitrogens with one attached hydrogen (secondary N) is 1. The lowest BCUT2D eigenvalue weighted by molar-refractivity contribution is 0.590. The van der Waals surface area contributed by atoms with Crippen molar-refractivity contribution in [3.8, 4) is 11.4 Å². The number of halogens is 1. The fraction of sp³-hybridized carbons (Fsp3) is 0.235. The van der Waals surface area contributed by atoms with Gasteiger partial charge in [-0.3, -0.25) is 0 Å². The average molecular weight is 285 g/mol. The van der Waals surface area contributed by atoms with E-state index in [1.54, 1.807) is 0 Å². The van der Waals surface area contributed by atoms with E-state index in [9.17, 15) is 0 Å². The largest absolute Gasteiger partial charge is 0.338 e. The molecule has 0 saturated heterocycles. The number of hydrogen-bond acceptors (Lipinski definition) is 1. The SMILES string of the molecule is CC(C)(C)c1cccc(-c2nc3ccc(Cl)cc3[nH]2)c1. The Hall–Kier alpha value is -1.80. The van der Waals surface area contributed by atoms with Crippen LogP contribution in [0.1, 0.15) is 26.3 Å². The highest BCUT2D eigenvalue weighted by molar-refractivity contribution is 6.31. The molecule has 0 aliphatic heterocycles. The maximum Gasteiger partial charge on any atom is 0.138 e. The van der Waals surface area contributed by atoms with Crippen molar-refractivity contribution in [2.24, 2.45) is 0 Å². The van der Waals surface area contributed by atoms with Crippen molar-refractivity contribution in [1.29, 1.82) is 0 Å². The van der Waals surface area contributed by atoms with Gasteiger partial charge in [0.05, 0.1) is 11.0 Å². The van der Waals surface area contributed by atoms with Gasteiger partial charge in [-0.15, -0.1) is 0 Å². The molecule has 0 unspecified atom stereocenters. The molecule has 3 rings (SSSR count). The molecule has 1 heterocycles. The summed E-state index contributed by atoms with van der Waals surface area (Å²) in [6.45, 7) is 6.64. The van der Waals surface area contributed by atoms with Gasteiger partial charge in [0.1, 0.15) is 5.82 Å². The summed E-state index contributed by atoms with van der Waals surface area (Å²) >= 11 is 6.01. The fourth-order valence-corrected chi connectivity index (χ4v) is 2.42. The van der Waals surface area contributed by atoms with Crippen LogP contribution in [0.4, 0.5) is 0 Å². The van der Waals surface area contributed by atoms with Crippen molar-refractivity contribution in [1.82, 2.24) is 9.97 Å². The number of imidazole rings is 1. The van der Waals surface area contributed by atoms with Crippen molar-refractivity contribution in [3.05, 3.63) is 53.1 Å². The Kier molecular flexibility index (Phi) is 3.06. The first kappa shape index (κ1) is 13.2. The number of aromatic amines is 1. The maximum absolute atomic E-state index is 6.01. The zero-order valence-electron chi connectivity index (χ0n) is 11.9. The molecule has 0 radical (unpaired) electrons. The lowest BCUT2D eigenvalue weighted by atomic mass is 9.86. The molecule has 0 bridgehead atoms. The third-order valence-electron chi connectivity index (χ3n) is 3.45. The molecule has 2 aromatic carbocycles. The van der Waals surface area contributed by atoms with Gasteiger partial charge in [-0.1, -0.05) is 50.6 Å². The van der Waals surface area contributed by atoms with Crippen LogP contribution in [0.25, 0.3) is 22.4 Å². The van der Waals surface area contributed by atoms with Crippen molar-refractivity contribution in [2.75, 3.05) is 0 Å². The van der Waals surface area contributed by atoms with Gasteiger partial charge in [-0.05, 0) is 35.2 Å². The molecule has 1 N–H and O–H groups in total. The topological polar surface area (TPSA) is 28.7 Å². The lowest BCUT2D eigenvalue weighted by Gasteiger charge is -2.19. The molecule has 0 saturated carbocycles. The summed E-state index contributed by atoms with van der Waals surface area (Å²) in [5.41, 5.74) is 4.43. The van der Waals surface area contributed by atoms with Crippen molar-refractivity contribution >= 4 is 22.6 Å². The van der Waals surface area contributed by atoms with Crippen LogP contribution in [-0.4, -0.2) is 9.97 Å². The van der Waals surface area contributed by atoms with Crippen LogP contribution < -0.4 is 0 Å². The van der Waals surface area contributed by atoms with Crippen molar-refractivity contribution in [2.45, 2.75) is 26.2 Å². The number of nitrogens with zero attached hydrogens (tertiary/aromatic N) is 1. The van der Waals surface area contributed by atoms with Gasteiger partial charge in [0.15, 0.2) is 0 Å². The van der Waals surface area contributed by atoms with Crippen LogP contribution in [0.15, 0.2) is 42.5 Å². The fourth-order valence-electron chi connectivity index (χ4n) is 2.25. The first-order valence-electron chi connectivity index (χ1n) is 6.70. The Labute approximate surface area is 123 Å². The molecule has 0 atom stereocenters. The van der Waals surface area contributed by atoms with E-state index in [2.05, 4.69) is 55.0 Å². The Balaban J connectivity index is 2.11. The van der Waals surface area contributed by atoms with Gasteiger partial charge < -0.3 is 4.98 Å². The monoisotopic (exact) mass is 284 g/mol. The predicted octanol–water partition coefficient (Wildman–Crippen LogP) is 5.18. The van der Waals surface area contributed by atoms with Gasteiger partial charge in [0.25, 0.3) is 0 Å². The molecule has 2 nitrogen and oxygen atoms in total. The van der Waals surface area contributed by atoms with E-state index in [4.69, 9.17) is 11.6 Å². The number of fused-ring (bicyclic) bond motifs is 1. The predicted molar refractivity (Wildman–Crippen MR) is 85.2 cm³/mol. The molecule has 0 aliphatic rings. The standard InChI is InChI=1S/C17H17ClN2/c1-17(2,3)12-6-4-5-11(9-12)16-19-14-8-7-13(18)10-15(14)20-16/h4-10H,1-3H3,(H,19,20). The first-order valence-corrected chi connectivity index (χ1v) is 7.07. The molecular weight excluding hydrogens is 268 g/mol. The van der Waals surface area contributed by atoms with Crippen LogP contribution in [0.5, 0.6) is 0 Å². The minimum absolute atomic E-state index is 0.130. The van der Waals surface area contributed by atoms with Gasteiger partial charge in [0, 0.05) is 10.6 Å². The van der Waals surface area contributed by atoms with E-state index < -0.39 is 0 Å². The summed E-state index contributed by atoms with van der Waals surface area (Å²) in [4.78, 5) is 7.97. The average Bonchev–Trinajstić information content (AvgIpc) is 2.81. The third-order valence-corrected chi connectivity index (χ3v) is 3.68. The zero-order chi connectivity index (χ0) is 14.3. The van der Waals surface area contributed by atoms with E-state index in [0.29, 0.717) is 0 Å². The molecule has 3 aromatic rings. The second-order valence-corrected chi connectivity index (χ2v) is 6.51. The summed E-state index contributed by atoms with van der Waals surface area (Å²) in [5.74, 6) is 0.883. The molecule has 102 valence electrons. The van der Waals surface area contributed by atoms with E-state index in [1.165, 1.54) is 5.56 Å². The summed E-state index contributed by atoms with van der Waals surface area (Å²) in [6, 6.07) is 14.2. The number of aromatic nitrogens is 2. The highest BCUT2D eigenvalue weighted by atomic mass is 35.5. The van der Waals surface area contributed by atoms with Gasteiger partial charge in [0.2, 0.25) is 0 Å². The molecular formula is C17H17ClN2. The molecule has 0 fully saturated rings. The second-order valence-electron chi connectivity index (χ2n) is 6.08. The highest BCUT2D eigenvalue weighted by Crippen LogP contribution is 2.28. The van der Waals surface area contributed by atoms with E-state index >= 15 is 0 Å². The molecule has 0 aliphatic carbocycles. The van der Waals surface area contributed by atoms with Crippen LogP contribution in [-0.2, 0) is 5.41 Å². The molecule has 20 heavy (non-hydrogen) atoms. The third kappa shape index (κ3) is 2.44. The van der Waals surface area contributed by atoms with E-state index in [1.807, 2.05) is 18.2 Å². The summed E-state index contributed by atoms with van der Waals surface area (Å²) in [6.07, 6.45) is 0. The van der Waals surface area contributed by atoms with Crippen LogP contribution in [0, 0.1) is 0 Å². The Bertz CT molecular complexity index is 766. The molecule has 3 heteroatoms. The smallest absolute Gasteiger partial charge is 0.138 e. The summed E-state index contributed by atoms with van der Waals surface area (Å²) < 4.78 is 0. The lowest BCUT2D eigenvalue weighted by Crippen LogP contribution is -2.10. The van der Waals surface area contributed by atoms with Crippen LogP contribution in [0.3, 0.4) is 0 Å². The van der Waals surface area contributed by atoms with Gasteiger partial charge in [-0.2, -0.15) is 0 Å². The second kappa shape index (κ2) is 4.64. The molecule has 1 aromatic heterocycles. The quantitative estimate of drug-likeness (QED) is 0.655. The van der Waals surface area contributed by atoms with E-state index in [-0.39, 0.29) is 5.41 Å². The Morgan fingerprint density at radius 2 is 1.85 bits per heavy atom. The Morgan fingerprint density at radius 3 is 2.60 bits per heavy atom. The van der Waals surface area contributed by atoms with E-state index in [0.717, 1.165) is 27.4 Å². The number of benzene rings is 2. The summed E-state index contributed by atoms with van der Waals surface area (Å²) in [5, 5.41) is 0.719. The normalized spacial score (nSPS) is 12.0. The minimum atomic E-state index is 0.130. The number of rotatable bonds is 1. The molecule has 0 spiro atoms. The molecule has 0 amide bonds. The first-order chi connectivity index (χ1) is 9.43. The highest BCUT2D eigenvalue weighted by Gasteiger charge is 2.15. The van der Waals surface area contributed by atoms with Crippen molar-refractivity contribution < 1.29 is 0 Å². The number of hydrogen-bond donors (Lipinski definition) is 1. The minimum Gasteiger partial charge on any atom is -0.338 e. The zero-order valence-corrected chi connectivity index (χ0v) is 12.6. The summed E-state index contributed by atoms with van der Waals surface area (Å²) in [7, 11) is 0.